The molecule has 0 spiro atoms. The molecule has 6 nitrogen and oxygen atoms in total. The maximum absolute atomic E-state index is 11.6. The first-order valence-corrected chi connectivity index (χ1v) is 8.11. The van der Waals surface area contributed by atoms with Gasteiger partial charge >= 0.3 is 6.09 Å². The number of carbonyl (C=O) groups is 2. The first kappa shape index (κ1) is 19.1. The van der Waals surface area contributed by atoms with Crippen molar-refractivity contribution in [2.75, 3.05) is 13.7 Å². The molecule has 0 unspecified atom stereocenters. The SMILES string of the molecule is COc1cc(C=CCCNC(=O)OCc2ccccc2)cc(C=O)c1O. The third-order valence-corrected chi connectivity index (χ3v) is 3.58. The van der Waals surface area contributed by atoms with Gasteiger partial charge in [0.05, 0.1) is 12.7 Å². The van der Waals surface area contributed by atoms with Crippen molar-refractivity contribution < 1.29 is 24.2 Å². The van der Waals surface area contributed by atoms with Gasteiger partial charge in [0, 0.05) is 6.54 Å². The predicted molar refractivity (Wildman–Crippen MR) is 98.3 cm³/mol. The van der Waals surface area contributed by atoms with E-state index in [9.17, 15) is 14.7 Å². The van der Waals surface area contributed by atoms with Crippen molar-refractivity contribution in [3.05, 3.63) is 65.2 Å². The van der Waals surface area contributed by atoms with Crippen LogP contribution in [0.25, 0.3) is 6.08 Å². The van der Waals surface area contributed by atoms with Crippen LogP contribution in [0, 0.1) is 0 Å². The first-order chi connectivity index (χ1) is 12.6. The van der Waals surface area contributed by atoms with Gasteiger partial charge in [-0.2, -0.15) is 0 Å². The van der Waals surface area contributed by atoms with Gasteiger partial charge in [0.25, 0.3) is 0 Å². The summed E-state index contributed by atoms with van der Waals surface area (Å²) in [6.07, 6.45) is 4.31. The zero-order valence-electron chi connectivity index (χ0n) is 14.5. The van der Waals surface area contributed by atoms with Crippen molar-refractivity contribution in [3.63, 3.8) is 0 Å². The number of ether oxygens (including phenoxy) is 2. The van der Waals surface area contributed by atoms with Gasteiger partial charge in [-0.25, -0.2) is 4.79 Å². The van der Waals surface area contributed by atoms with Crippen LogP contribution >= 0.6 is 0 Å². The maximum atomic E-state index is 11.6. The Bertz CT molecular complexity index is 771. The summed E-state index contributed by atoms with van der Waals surface area (Å²) in [5.41, 5.74) is 1.80. The second-order valence-electron chi connectivity index (χ2n) is 5.46. The Morgan fingerprint density at radius 2 is 2.00 bits per heavy atom. The number of hydrogen-bond donors (Lipinski definition) is 2. The highest BCUT2D eigenvalue weighted by molar-refractivity contribution is 5.82. The molecule has 0 aliphatic rings. The molecule has 2 rings (SSSR count). The summed E-state index contributed by atoms with van der Waals surface area (Å²) in [5, 5.41) is 12.4. The van der Waals surface area contributed by atoms with Crippen LogP contribution in [0.15, 0.2) is 48.5 Å². The molecule has 2 N–H and O–H groups in total. The number of aromatic hydroxyl groups is 1. The lowest BCUT2D eigenvalue weighted by molar-refractivity contribution is 0.112. The van der Waals surface area contributed by atoms with Crippen molar-refractivity contribution in [1.29, 1.82) is 0 Å². The summed E-state index contributed by atoms with van der Waals surface area (Å²) < 4.78 is 10.1. The van der Waals surface area contributed by atoms with Crippen LogP contribution in [0.1, 0.15) is 27.9 Å². The van der Waals surface area contributed by atoms with Crippen molar-refractivity contribution in [3.8, 4) is 11.5 Å². The average molecular weight is 355 g/mol. The Hall–Kier alpha value is -3.28. The van der Waals surface area contributed by atoms with Crippen LogP contribution in [0.2, 0.25) is 0 Å². The molecule has 26 heavy (non-hydrogen) atoms. The largest absolute Gasteiger partial charge is 0.504 e. The van der Waals surface area contributed by atoms with Gasteiger partial charge in [0.15, 0.2) is 17.8 Å². The van der Waals surface area contributed by atoms with Crippen LogP contribution in [0.4, 0.5) is 4.79 Å². The number of aldehydes is 1. The number of methoxy groups -OCH3 is 1. The number of benzene rings is 2. The van der Waals surface area contributed by atoms with Gasteiger partial charge in [-0.05, 0) is 29.7 Å². The smallest absolute Gasteiger partial charge is 0.407 e. The van der Waals surface area contributed by atoms with Crippen LogP contribution in [-0.2, 0) is 11.3 Å². The molecule has 2 aromatic rings. The fourth-order valence-electron chi connectivity index (χ4n) is 2.24. The van der Waals surface area contributed by atoms with Crippen molar-refractivity contribution >= 4 is 18.5 Å². The van der Waals surface area contributed by atoms with Crippen LogP contribution < -0.4 is 10.1 Å². The number of rotatable bonds is 8. The number of phenolic OH excluding ortho intramolecular Hbond substituents is 1. The number of carbonyl (C=O) groups excluding carboxylic acids is 2. The van der Waals surface area contributed by atoms with Gasteiger partial charge < -0.3 is 19.9 Å². The van der Waals surface area contributed by atoms with Crippen molar-refractivity contribution in [1.82, 2.24) is 5.32 Å². The quantitative estimate of drug-likeness (QED) is 0.559. The number of amides is 1. The van der Waals surface area contributed by atoms with E-state index in [0.717, 1.165) is 5.56 Å². The maximum Gasteiger partial charge on any atom is 0.407 e. The third-order valence-electron chi connectivity index (χ3n) is 3.58. The van der Waals surface area contributed by atoms with Gasteiger partial charge in [-0.3, -0.25) is 4.79 Å². The number of alkyl carbamates (subject to hydrolysis) is 1. The molecule has 0 heterocycles. The molecule has 0 radical (unpaired) electrons. The Morgan fingerprint density at radius 3 is 2.69 bits per heavy atom. The minimum absolute atomic E-state index is 0.159. The van der Waals surface area contributed by atoms with E-state index in [0.29, 0.717) is 24.8 Å². The van der Waals surface area contributed by atoms with Crippen LogP contribution in [0.5, 0.6) is 11.5 Å². The minimum atomic E-state index is -0.475. The molecule has 0 aliphatic heterocycles. The van der Waals surface area contributed by atoms with Gasteiger partial charge in [0.2, 0.25) is 0 Å². The zero-order valence-corrected chi connectivity index (χ0v) is 14.5. The number of hydrogen-bond acceptors (Lipinski definition) is 5. The van der Waals surface area contributed by atoms with E-state index in [4.69, 9.17) is 9.47 Å². The molecule has 0 bridgehead atoms. The third kappa shape index (κ3) is 5.66. The molecule has 0 fully saturated rings. The highest BCUT2D eigenvalue weighted by Crippen LogP contribution is 2.30. The standard InChI is InChI=1S/C20H21NO5/c1-25-18-12-16(11-17(13-22)19(18)23)9-5-6-10-21-20(24)26-14-15-7-3-2-4-8-15/h2-5,7-9,11-13,23H,6,10,14H2,1H3,(H,21,24). The normalized spacial score (nSPS) is 10.5. The molecular weight excluding hydrogens is 334 g/mol. The van der Waals surface area contributed by atoms with Crippen LogP contribution in [0.3, 0.4) is 0 Å². The molecular formula is C20H21NO5. The lowest BCUT2D eigenvalue weighted by Gasteiger charge is -2.07. The molecule has 0 aromatic heterocycles. The predicted octanol–water partition coefficient (Wildman–Crippen LogP) is 3.54. The van der Waals surface area contributed by atoms with Crippen molar-refractivity contribution in [2.24, 2.45) is 0 Å². The summed E-state index contributed by atoms with van der Waals surface area (Å²) in [4.78, 5) is 22.6. The summed E-state index contributed by atoms with van der Waals surface area (Å²) in [6, 6.07) is 12.6. The lowest BCUT2D eigenvalue weighted by Crippen LogP contribution is -2.24. The molecule has 0 atom stereocenters. The van der Waals surface area contributed by atoms with E-state index in [1.165, 1.54) is 7.11 Å². The summed E-state index contributed by atoms with van der Waals surface area (Å²) in [5.74, 6) is 0.0549. The highest BCUT2D eigenvalue weighted by Gasteiger charge is 2.08. The Morgan fingerprint density at radius 1 is 1.23 bits per heavy atom. The molecule has 6 heteroatoms. The molecule has 2 aromatic carbocycles. The summed E-state index contributed by atoms with van der Waals surface area (Å²) in [6.45, 7) is 0.643. The van der Waals surface area contributed by atoms with E-state index in [2.05, 4.69) is 5.32 Å². The van der Waals surface area contributed by atoms with Gasteiger partial charge in [-0.15, -0.1) is 0 Å². The van der Waals surface area contributed by atoms with Crippen molar-refractivity contribution in [2.45, 2.75) is 13.0 Å². The average Bonchev–Trinajstić information content (AvgIpc) is 2.67. The topological polar surface area (TPSA) is 84.9 Å². The first-order valence-electron chi connectivity index (χ1n) is 8.11. The molecule has 0 saturated carbocycles. The van der Waals surface area contributed by atoms with E-state index in [1.807, 2.05) is 36.4 Å². The number of nitrogens with one attached hydrogen (secondary N) is 1. The molecule has 136 valence electrons. The van der Waals surface area contributed by atoms with Crippen LogP contribution in [-0.4, -0.2) is 31.1 Å². The van der Waals surface area contributed by atoms with E-state index >= 15 is 0 Å². The van der Waals surface area contributed by atoms with E-state index < -0.39 is 6.09 Å². The lowest BCUT2D eigenvalue weighted by atomic mass is 10.1. The highest BCUT2D eigenvalue weighted by atomic mass is 16.5. The monoisotopic (exact) mass is 355 g/mol. The molecule has 0 saturated heterocycles. The van der Waals surface area contributed by atoms with Gasteiger partial charge in [0.1, 0.15) is 6.61 Å². The summed E-state index contributed by atoms with van der Waals surface area (Å²) >= 11 is 0. The van der Waals surface area contributed by atoms with E-state index in [-0.39, 0.29) is 23.7 Å². The minimum Gasteiger partial charge on any atom is -0.504 e. The Kier molecular flexibility index (Phi) is 7.24. The Balaban J connectivity index is 1.77. The zero-order chi connectivity index (χ0) is 18.8. The second-order valence-corrected chi connectivity index (χ2v) is 5.46. The van der Waals surface area contributed by atoms with E-state index in [1.54, 1.807) is 18.2 Å². The second kappa shape index (κ2) is 9.88. The fraction of sp³-hybridized carbons (Fsp3) is 0.200. The molecule has 0 aliphatic carbocycles. The summed E-state index contributed by atoms with van der Waals surface area (Å²) in [7, 11) is 1.42. The number of phenols is 1. The van der Waals surface area contributed by atoms with Gasteiger partial charge in [-0.1, -0.05) is 42.5 Å². The molecule has 1 amide bonds. The Labute approximate surface area is 152 Å². The fourth-order valence-corrected chi connectivity index (χ4v) is 2.24.